The van der Waals surface area contributed by atoms with Gasteiger partial charge in [-0.15, -0.1) is 10.5 Å². The molecule has 0 radical (unpaired) electrons. The molecule has 0 spiro atoms. The Kier molecular flexibility index (Phi) is 5.14. The van der Waals surface area contributed by atoms with E-state index in [0.29, 0.717) is 21.6 Å². The molecule has 0 bridgehead atoms. The second-order valence-electron chi connectivity index (χ2n) is 4.43. The fraction of sp³-hybridized carbons (Fsp3) is 0.267. The summed E-state index contributed by atoms with van der Waals surface area (Å²) in [6.45, 7) is 1.99. The summed E-state index contributed by atoms with van der Waals surface area (Å²) < 4.78 is 11.1. The lowest BCUT2D eigenvalue weighted by Gasteiger charge is -2.07. The molecule has 0 aliphatic carbocycles. The van der Waals surface area contributed by atoms with Crippen molar-refractivity contribution in [1.82, 2.24) is 5.32 Å². The number of ether oxygens (including phenoxy) is 2. The zero-order valence-corrected chi connectivity index (χ0v) is 13.8. The van der Waals surface area contributed by atoms with E-state index in [1.165, 1.54) is 0 Å². The number of thiocarbonyl (C=S) groups is 1. The van der Waals surface area contributed by atoms with Gasteiger partial charge in [0.05, 0.1) is 20.0 Å². The molecule has 1 fully saturated rings. The van der Waals surface area contributed by atoms with Gasteiger partial charge < -0.3 is 14.8 Å². The lowest BCUT2D eigenvalue weighted by molar-refractivity contribution is -0.116. The van der Waals surface area contributed by atoms with Crippen LogP contribution in [0.1, 0.15) is 12.5 Å². The molecular weight excluding hydrogens is 306 g/mol. The van der Waals surface area contributed by atoms with Crippen LogP contribution in [0.25, 0.3) is 6.08 Å². The van der Waals surface area contributed by atoms with E-state index in [0.717, 1.165) is 10.4 Å². The molecule has 1 saturated heterocycles. The van der Waals surface area contributed by atoms with Gasteiger partial charge in [0, 0.05) is 0 Å². The fourth-order valence-corrected chi connectivity index (χ4v) is 4.06. The first-order chi connectivity index (χ1) is 10.0. The predicted molar refractivity (Wildman–Crippen MR) is 92.5 cm³/mol. The predicted octanol–water partition coefficient (Wildman–Crippen LogP) is 2.59. The maximum Gasteiger partial charge on any atom is 0.235 e. The molecule has 4 nitrogen and oxygen atoms in total. The molecule has 2 rings (SSSR count). The standard InChI is InChI=1S/C15H17NO3S2/c1-10(21-9-14(17)16-15(21)20)4-5-11-6-7-12(18-2)13(8-11)19-3/h4-8H,9H2,1-3H3,(H,16,17,20)/b5-4+. The fourth-order valence-electron chi connectivity index (χ4n) is 1.92. The summed E-state index contributed by atoms with van der Waals surface area (Å²) in [5.41, 5.74) is 1.00. The summed E-state index contributed by atoms with van der Waals surface area (Å²) in [6.07, 6.45) is 3.98. The minimum absolute atomic E-state index is 0.00204. The van der Waals surface area contributed by atoms with Crippen molar-refractivity contribution in [1.29, 1.82) is 0 Å². The number of rotatable bonds is 4. The van der Waals surface area contributed by atoms with Gasteiger partial charge in [-0.3, -0.25) is 4.79 Å². The lowest BCUT2D eigenvalue weighted by atomic mass is 10.2. The van der Waals surface area contributed by atoms with E-state index in [9.17, 15) is 4.79 Å². The Labute approximate surface area is 132 Å². The number of methoxy groups -OCH3 is 2. The Morgan fingerprint density at radius 1 is 1.33 bits per heavy atom. The Hall–Kier alpha value is -1.66. The number of nitrogens with one attached hydrogen (secondary N) is 1. The first-order valence-corrected chi connectivity index (χ1v) is 8.13. The van der Waals surface area contributed by atoms with Gasteiger partial charge in [-0.25, -0.2) is 0 Å². The van der Waals surface area contributed by atoms with Gasteiger partial charge in [0.15, 0.2) is 11.5 Å². The van der Waals surface area contributed by atoms with Crippen molar-refractivity contribution in [3.8, 4) is 11.5 Å². The van der Waals surface area contributed by atoms with E-state index in [1.807, 2.05) is 37.3 Å². The van der Waals surface area contributed by atoms with Gasteiger partial charge in [0.2, 0.25) is 5.91 Å². The number of carbonyl (C=O) groups is 1. The second kappa shape index (κ2) is 6.87. The van der Waals surface area contributed by atoms with Gasteiger partial charge in [0.1, 0.15) is 4.32 Å². The monoisotopic (exact) mass is 323 g/mol. The number of allylic oxidation sites excluding steroid dienone is 1. The van der Waals surface area contributed by atoms with E-state index in [-0.39, 0.29) is 16.4 Å². The summed E-state index contributed by atoms with van der Waals surface area (Å²) in [6, 6.07) is 5.72. The Balaban J connectivity index is 2.23. The molecule has 1 aliphatic heterocycles. The van der Waals surface area contributed by atoms with Crippen molar-refractivity contribution < 1.29 is 14.3 Å². The minimum atomic E-state index is -0.289. The molecule has 1 heterocycles. The van der Waals surface area contributed by atoms with Gasteiger partial charge in [-0.2, -0.15) is 0 Å². The highest BCUT2D eigenvalue weighted by Crippen LogP contribution is 2.28. The van der Waals surface area contributed by atoms with Crippen molar-refractivity contribution in [3.63, 3.8) is 0 Å². The lowest BCUT2D eigenvalue weighted by Crippen LogP contribution is -2.18. The summed E-state index contributed by atoms with van der Waals surface area (Å²) in [5, 5.41) is 2.69. The zero-order valence-electron chi connectivity index (χ0n) is 12.1. The molecular formula is C15H17NO3S2. The molecule has 112 valence electrons. The second-order valence-corrected chi connectivity index (χ2v) is 7.22. The SMILES string of the molecule is COc1ccc(/C=C/C(C)=S2CC(=O)NC2=S)cc1OC. The van der Waals surface area contributed by atoms with Crippen LogP contribution in [0, 0.1) is 0 Å². The van der Waals surface area contributed by atoms with Crippen LogP contribution < -0.4 is 14.8 Å². The average Bonchev–Trinajstić information content (AvgIpc) is 2.83. The third kappa shape index (κ3) is 3.71. The highest BCUT2D eigenvalue weighted by molar-refractivity contribution is 8.36. The van der Waals surface area contributed by atoms with Gasteiger partial charge in [0.25, 0.3) is 0 Å². The summed E-state index contributed by atoms with van der Waals surface area (Å²) in [7, 11) is 2.93. The van der Waals surface area contributed by atoms with E-state index in [4.69, 9.17) is 21.7 Å². The van der Waals surface area contributed by atoms with Crippen molar-refractivity contribution in [2.45, 2.75) is 6.92 Å². The molecule has 1 aromatic rings. The van der Waals surface area contributed by atoms with Crippen LogP contribution in [-0.4, -0.2) is 35.1 Å². The van der Waals surface area contributed by atoms with Crippen molar-refractivity contribution >= 4 is 43.9 Å². The van der Waals surface area contributed by atoms with Crippen LogP contribution in [0.15, 0.2) is 24.3 Å². The average molecular weight is 323 g/mol. The Morgan fingerprint density at radius 3 is 2.62 bits per heavy atom. The molecule has 1 amide bonds. The maximum absolute atomic E-state index is 11.3. The molecule has 1 N–H and O–H groups in total. The van der Waals surface area contributed by atoms with Gasteiger partial charge in [-0.1, -0.05) is 30.4 Å². The van der Waals surface area contributed by atoms with Gasteiger partial charge >= 0.3 is 0 Å². The van der Waals surface area contributed by atoms with E-state index in [1.54, 1.807) is 14.2 Å². The first kappa shape index (κ1) is 15.7. The minimum Gasteiger partial charge on any atom is -0.493 e. The number of benzene rings is 1. The summed E-state index contributed by atoms with van der Waals surface area (Å²) in [5.74, 6) is 1.85. The van der Waals surface area contributed by atoms with Crippen LogP contribution in [-0.2, 0) is 4.79 Å². The molecule has 1 aliphatic rings. The van der Waals surface area contributed by atoms with Crippen molar-refractivity contribution in [3.05, 3.63) is 29.8 Å². The molecule has 1 aromatic carbocycles. The maximum atomic E-state index is 11.3. The topological polar surface area (TPSA) is 47.6 Å². The van der Waals surface area contributed by atoms with Gasteiger partial charge in [-0.05, 0) is 29.5 Å². The smallest absolute Gasteiger partial charge is 0.235 e. The number of hydrogen-bond donors (Lipinski definition) is 1. The molecule has 0 aromatic heterocycles. The van der Waals surface area contributed by atoms with Crippen LogP contribution in [0.5, 0.6) is 11.5 Å². The van der Waals surface area contributed by atoms with Crippen molar-refractivity contribution in [2.75, 3.05) is 20.0 Å². The van der Waals surface area contributed by atoms with Crippen LogP contribution in [0.4, 0.5) is 0 Å². The Bertz CT molecular complexity index is 650. The van der Waals surface area contributed by atoms with E-state index >= 15 is 0 Å². The number of amides is 1. The summed E-state index contributed by atoms with van der Waals surface area (Å²) >= 11 is 5.19. The van der Waals surface area contributed by atoms with Crippen LogP contribution >= 0.6 is 22.7 Å². The molecule has 0 saturated carbocycles. The van der Waals surface area contributed by atoms with E-state index in [2.05, 4.69) is 5.32 Å². The third-order valence-corrected chi connectivity index (χ3v) is 5.77. The number of carbonyl (C=O) groups excluding carboxylic acids is 1. The first-order valence-electron chi connectivity index (χ1n) is 6.33. The quantitative estimate of drug-likeness (QED) is 0.683. The molecule has 1 atom stereocenters. The summed E-state index contributed by atoms with van der Waals surface area (Å²) in [4.78, 5) is 12.4. The van der Waals surface area contributed by atoms with Crippen molar-refractivity contribution in [2.24, 2.45) is 0 Å². The zero-order chi connectivity index (χ0) is 15.4. The largest absolute Gasteiger partial charge is 0.493 e. The molecule has 21 heavy (non-hydrogen) atoms. The van der Waals surface area contributed by atoms with Crippen LogP contribution in [0.2, 0.25) is 0 Å². The Morgan fingerprint density at radius 2 is 2.05 bits per heavy atom. The van der Waals surface area contributed by atoms with E-state index < -0.39 is 0 Å². The van der Waals surface area contributed by atoms with Crippen LogP contribution in [0.3, 0.4) is 0 Å². The highest BCUT2D eigenvalue weighted by Gasteiger charge is 2.20. The number of hydrogen-bond acceptors (Lipinski definition) is 4. The highest BCUT2D eigenvalue weighted by atomic mass is 32.2. The molecule has 1 unspecified atom stereocenters. The molecule has 6 heteroatoms. The third-order valence-electron chi connectivity index (χ3n) is 3.05. The normalized spacial score (nSPS) is 18.8.